The van der Waals surface area contributed by atoms with Gasteiger partial charge in [0.05, 0.1) is 23.8 Å². The monoisotopic (exact) mass is 520 g/mol. The molecule has 0 spiro atoms. The van der Waals surface area contributed by atoms with Crippen LogP contribution in [0.4, 0.5) is 0 Å². The lowest BCUT2D eigenvalue weighted by molar-refractivity contribution is 0.263. The van der Waals surface area contributed by atoms with Crippen molar-refractivity contribution < 1.29 is 17.9 Å². The molecule has 0 aliphatic rings. The van der Waals surface area contributed by atoms with Crippen LogP contribution in [-0.4, -0.2) is 51.6 Å². The summed E-state index contributed by atoms with van der Waals surface area (Å²) in [4.78, 5) is 2.03. The summed E-state index contributed by atoms with van der Waals surface area (Å²) in [7, 11) is 1.37. The van der Waals surface area contributed by atoms with E-state index in [0.717, 1.165) is 3.97 Å². The number of halogens is 3. The molecule has 0 bridgehead atoms. The van der Waals surface area contributed by atoms with Gasteiger partial charge >= 0.3 is 0 Å². The van der Waals surface area contributed by atoms with Gasteiger partial charge in [-0.3, -0.25) is 0 Å². The molecule has 0 atom stereocenters. The molecule has 0 aliphatic carbocycles. The van der Waals surface area contributed by atoms with Crippen molar-refractivity contribution in [3.05, 3.63) is 51.0 Å². The first-order chi connectivity index (χ1) is 13.6. The summed E-state index contributed by atoms with van der Waals surface area (Å²) in [6.07, 6.45) is 1.43. The van der Waals surface area contributed by atoms with Crippen LogP contribution >= 0.6 is 39.1 Å². The first kappa shape index (κ1) is 22.2. The van der Waals surface area contributed by atoms with Crippen LogP contribution in [0, 0.1) is 0 Å². The summed E-state index contributed by atoms with van der Waals surface area (Å²) in [5.74, 6) is 0.921. The Labute approximate surface area is 188 Å². The van der Waals surface area contributed by atoms with Crippen molar-refractivity contribution in [2.45, 2.75) is 4.90 Å². The van der Waals surface area contributed by atoms with E-state index in [-0.39, 0.29) is 9.92 Å². The van der Waals surface area contributed by atoms with Crippen LogP contribution in [-0.2, 0) is 10.0 Å². The molecule has 1 heterocycles. The highest BCUT2D eigenvalue weighted by atomic mass is 79.9. The Balaban J connectivity index is 2.18. The number of hydrogen-bond acceptors (Lipinski definition) is 5. The zero-order valence-electron chi connectivity index (χ0n) is 15.9. The van der Waals surface area contributed by atoms with E-state index in [4.69, 9.17) is 32.7 Å². The van der Waals surface area contributed by atoms with Gasteiger partial charge in [-0.25, -0.2) is 12.4 Å². The molecule has 0 radical (unpaired) electrons. The van der Waals surface area contributed by atoms with Crippen LogP contribution in [0.1, 0.15) is 0 Å². The van der Waals surface area contributed by atoms with Gasteiger partial charge in [-0.1, -0.05) is 23.2 Å². The van der Waals surface area contributed by atoms with E-state index in [2.05, 4.69) is 15.9 Å². The third kappa shape index (κ3) is 4.51. The lowest BCUT2D eigenvalue weighted by Crippen LogP contribution is -2.19. The maximum absolute atomic E-state index is 13.4. The van der Waals surface area contributed by atoms with Crippen molar-refractivity contribution in [2.75, 3.05) is 34.4 Å². The summed E-state index contributed by atoms with van der Waals surface area (Å²) < 4.78 is 39.4. The minimum Gasteiger partial charge on any atom is -0.497 e. The largest absolute Gasteiger partial charge is 0.497 e. The van der Waals surface area contributed by atoms with Crippen molar-refractivity contribution in [1.29, 1.82) is 0 Å². The van der Waals surface area contributed by atoms with Gasteiger partial charge < -0.3 is 14.4 Å². The highest BCUT2D eigenvalue weighted by Crippen LogP contribution is 2.39. The third-order valence-electron chi connectivity index (χ3n) is 4.22. The predicted molar refractivity (Wildman–Crippen MR) is 119 cm³/mol. The quantitative estimate of drug-likeness (QED) is 0.442. The SMILES string of the molecule is COc1ccc(S(=O)(=O)n2cc(OCCN(C)C)c3cc(Cl)cc(Cl)c32)c(Br)c1. The first-order valence-electron chi connectivity index (χ1n) is 8.52. The maximum atomic E-state index is 13.4. The topological polar surface area (TPSA) is 60.8 Å². The lowest BCUT2D eigenvalue weighted by atomic mass is 10.2. The minimum absolute atomic E-state index is 0.0704. The first-order valence-corrected chi connectivity index (χ1v) is 11.5. The molecule has 29 heavy (non-hydrogen) atoms. The van der Waals surface area contributed by atoms with Crippen LogP contribution in [0.2, 0.25) is 10.0 Å². The fourth-order valence-electron chi connectivity index (χ4n) is 2.78. The van der Waals surface area contributed by atoms with Gasteiger partial charge in [-0.15, -0.1) is 0 Å². The number of fused-ring (bicyclic) bond motifs is 1. The number of ether oxygens (including phenoxy) is 2. The molecule has 10 heteroatoms. The summed E-state index contributed by atoms with van der Waals surface area (Å²) in [6, 6.07) is 7.79. The molecular formula is C19H19BrCl2N2O4S. The molecule has 0 aliphatic heterocycles. The lowest BCUT2D eigenvalue weighted by Gasteiger charge is -2.11. The van der Waals surface area contributed by atoms with Crippen LogP contribution in [0.3, 0.4) is 0 Å². The normalized spacial score (nSPS) is 12.0. The molecular weight excluding hydrogens is 503 g/mol. The van der Waals surface area contributed by atoms with Crippen LogP contribution in [0.25, 0.3) is 10.9 Å². The van der Waals surface area contributed by atoms with Crippen LogP contribution in [0.15, 0.2) is 45.9 Å². The molecule has 3 rings (SSSR count). The fraction of sp³-hybridized carbons (Fsp3) is 0.263. The highest BCUT2D eigenvalue weighted by molar-refractivity contribution is 9.10. The molecule has 6 nitrogen and oxygen atoms in total. The van der Waals surface area contributed by atoms with Gasteiger partial charge in [0, 0.05) is 21.4 Å². The summed E-state index contributed by atoms with van der Waals surface area (Å²) >= 11 is 15.8. The van der Waals surface area contributed by atoms with Gasteiger partial charge in [0.2, 0.25) is 0 Å². The standard InChI is InChI=1S/C19H19BrCl2N2O4S/c1-23(2)6-7-28-17-11-24(19-14(17)8-12(21)9-16(19)22)29(25,26)18-5-4-13(27-3)10-15(18)20/h4-5,8-11H,6-7H2,1-3H3. The van der Waals surface area contributed by atoms with E-state index in [9.17, 15) is 8.42 Å². The van der Waals surface area contributed by atoms with Gasteiger partial charge in [-0.2, -0.15) is 0 Å². The van der Waals surface area contributed by atoms with E-state index >= 15 is 0 Å². The number of likely N-dealkylation sites (N-methyl/N-ethyl adjacent to an activating group) is 1. The van der Waals surface area contributed by atoms with Crippen LogP contribution < -0.4 is 9.47 Å². The van der Waals surface area contributed by atoms with E-state index in [0.29, 0.717) is 45.0 Å². The molecule has 0 fully saturated rings. The Morgan fingerprint density at radius 2 is 1.90 bits per heavy atom. The van der Waals surface area contributed by atoms with E-state index in [1.165, 1.54) is 25.4 Å². The summed E-state index contributed by atoms with van der Waals surface area (Å²) in [6.45, 7) is 1.04. The van der Waals surface area contributed by atoms with Crippen LogP contribution in [0.5, 0.6) is 11.5 Å². The van der Waals surface area contributed by atoms with Crippen molar-refractivity contribution in [3.8, 4) is 11.5 Å². The molecule has 1 aromatic heterocycles. The molecule has 0 saturated heterocycles. The number of rotatable bonds is 7. The van der Waals surface area contributed by atoms with Gasteiger partial charge in [0.1, 0.15) is 23.0 Å². The molecule has 3 aromatic rings. The third-order valence-corrected chi connectivity index (χ3v) is 7.36. The molecule has 2 aromatic carbocycles. The van der Waals surface area contributed by atoms with Gasteiger partial charge in [-0.05, 0) is 60.4 Å². The van der Waals surface area contributed by atoms with Crippen molar-refractivity contribution in [1.82, 2.24) is 8.87 Å². The Morgan fingerprint density at radius 1 is 1.17 bits per heavy atom. The molecule has 156 valence electrons. The van der Waals surface area contributed by atoms with E-state index in [1.807, 2.05) is 19.0 Å². The number of nitrogens with zero attached hydrogens (tertiary/aromatic N) is 2. The van der Waals surface area contributed by atoms with Crippen molar-refractivity contribution in [2.24, 2.45) is 0 Å². The number of hydrogen-bond donors (Lipinski definition) is 0. The maximum Gasteiger partial charge on any atom is 0.269 e. The second-order valence-electron chi connectivity index (χ2n) is 6.53. The minimum atomic E-state index is -3.98. The smallest absolute Gasteiger partial charge is 0.269 e. The predicted octanol–water partition coefficient (Wildman–Crippen LogP) is 4.90. The van der Waals surface area contributed by atoms with Crippen molar-refractivity contribution >= 4 is 60.1 Å². The zero-order chi connectivity index (χ0) is 21.3. The Kier molecular flexibility index (Phi) is 6.70. The summed E-state index contributed by atoms with van der Waals surface area (Å²) in [5.41, 5.74) is 0.304. The number of benzene rings is 2. The second kappa shape index (κ2) is 8.73. The summed E-state index contributed by atoms with van der Waals surface area (Å²) in [5, 5.41) is 1.12. The molecule has 0 N–H and O–H groups in total. The fourth-order valence-corrected chi connectivity index (χ4v) is 5.82. The van der Waals surface area contributed by atoms with Gasteiger partial charge in [0.25, 0.3) is 10.0 Å². The van der Waals surface area contributed by atoms with E-state index < -0.39 is 10.0 Å². The molecule has 0 unspecified atom stereocenters. The van der Waals surface area contributed by atoms with Crippen molar-refractivity contribution in [3.63, 3.8) is 0 Å². The van der Waals surface area contributed by atoms with E-state index in [1.54, 1.807) is 18.2 Å². The Hall–Kier alpha value is -1.45. The zero-order valence-corrected chi connectivity index (χ0v) is 19.9. The highest BCUT2D eigenvalue weighted by Gasteiger charge is 2.26. The molecule has 0 amide bonds. The Bertz CT molecular complexity index is 1160. The number of aromatic nitrogens is 1. The Morgan fingerprint density at radius 3 is 2.52 bits per heavy atom. The van der Waals surface area contributed by atoms with Gasteiger partial charge in [0.15, 0.2) is 0 Å². The average Bonchev–Trinajstić information content (AvgIpc) is 3.00. The molecule has 0 saturated carbocycles. The second-order valence-corrected chi connectivity index (χ2v) is 10.0. The average molecular weight is 522 g/mol. The number of methoxy groups -OCH3 is 1.